The lowest BCUT2D eigenvalue weighted by Crippen LogP contribution is -2.48. The summed E-state index contributed by atoms with van der Waals surface area (Å²) in [4.78, 5) is 48.1. The van der Waals surface area contributed by atoms with E-state index in [1.165, 1.54) is 0 Å². The highest BCUT2D eigenvalue weighted by Gasteiger charge is 2.48. The van der Waals surface area contributed by atoms with Gasteiger partial charge in [0.2, 0.25) is 5.60 Å². The van der Waals surface area contributed by atoms with Crippen LogP contribution >= 0.6 is 0 Å². The Bertz CT molecular complexity index is 861. The van der Waals surface area contributed by atoms with Gasteiger partial charge in [0.15, 0.2) is 0 Å². The minimum Gasteiger partial charge on any atom is -0.481 e. The normalized spacial score (nSPS) is 12.3. The molecule has 30 heavy (non-hydrogen) atoms. The van der Waals surface area contributed by atoms with Gasteiger partial charge in [-0.15, -0.1) is 0 Å². The molecule has 2 aromatic rings. The molecule has 158 valence electrons. The standard InChI is InChI=1S/C22H22O8/c1-16(23)30-22(12-19(24)25,21(27)29-15-18-10-6-3-7-11-18)13-20(26)28-14-17-8-4-2-5-9-17/h2-11H,12-15H2,1H3,(H,24,25). The molecule has 0 aliphatic heterocycles. The van der Waals surface area contributed by atoms with Crippen LogP contribution in [-0.4, -0.2) is 34.6 Å². The number of ether oxygens (including phenoxy) is 3. The minimum absolute atomic E-state index is 0.0814. The molecule has 1 N–H and O–H groups in total. The second kappa shape index (κ2) is 10.8. The molecule has 0 aromatic heterocycles. The number of hydrogen-bond donors (Lipinski definition) is 1. The van der Waals surface area contributed by atoms with Crippen LogP contribution in [0.1, 0.15) is 30.9 Å². The number of carboxylic acids is 1. The molecule has 0 heterocycles. The highest BCUT2D eigenvalue weighted by atomic mass is 16.6. The zero-order chi connectivity index (χ0) is 22.0. The van der Waals surface area contributed by atoms with Gasteiger partial charge in [0.25, 0.3) is 0 Å². The first-order valence-corrected chi connectivity index (χ1v) is 9.13. The number of carboxylic acid groups (broad SMARTS) is 1. The average Bonchev–Trinajstić information content (AvgIpc) is 2.71. The van der Waals surface area contributed by atoms with Crippen molar-refractivity contribution in [2.24, 2.45) is 0 Å². The fourth-order valence-corrected chi connectivity index (χ4v) is 2.72. The number of carbonyl (C=O) groups is 4. The van der Waals surface area contributed by atoms with E-state index in [2.05, 4.69) is 0 Å². The van der Waals surface area contributed by atoms with Crippen molar-refractivity contribution in [3.8, 4) is 0 Å². The fourth-order valence-electron chi connectivity index (χ4n) is 2.72. The van der Waals surface area contributed by atoms with E-state index in [4.69, 9.17) is 14.2 Å². The number of benzene rings is 2. The molecule has 2 aromatic carbocycles. The summed E-state index contributed by atoms with van der Waals surface area (Å²) >= 11 is 0. The maximum Gasteiger partial charge on any atom is 0.352 e. The van der Waals surface area contributed by atoms with E-state index in [1.807, 2.05) is 0 Å². The molecule has 2 rings (SSSR count). The van der Waals surface area contributed by atoms with Crippen LogP contribution in [-0.2, 0) is 46.6 Å². The Hall–Kier alpha value is -3.68. The Labute approximate surface area is 173 Å². The molecular formula is C22H22O8. The van der Waals surface area contributed by atoms with Crippen molar-refractivity contribution in [1.29, 1.82) is 0 Å². The second-order valence-corrected chi connectivity index (χ2v) is 6.54. The number of hydrogen-bond acceptors (Lipinski definition) is 7. The quantitative estimate of drug-likeness (QED) is 0.466. The van der Waals surface area contributed by atoms with Gasteiger partial charge < -0.3 is 19.3 Å². The average molecular weight is 414 g/mol. The fraction of sp³-hybridized carbons (Fsp3) is 0.273. The maximum absolute atomic E-state index is 12.7. The van der Waals surface area contributed by atoms with Crippen molar-refractivity contribution in [3.05, 3.63) is 71.8 Å². The predicted molar refractivity (Wildman–Crippen MR) is 104 cm³/mol. The molecule has 8 heteroatoms. The monoisotopic (exact) mass is 414 g/mol. The molecule has 0 spiro atoms. The maximum atomic E-state index is 12.7. The van der Waals surface area contributed by atoms with Crippen molar-refractivity contribution in [1.82, 2.24) is 0 Å². The van der Waals surface area contributed by atoms with Gasteiger partial charge >= 0.3 is 23.9 Å². The molecule has 0 bridgehead atoms. The molecule has 8 nitrogen and oxygen atoms in total. The highest BCUT2D eigenvalue weighted by Crippen LogP contribution is 2.25. The lowest BCUT2D eigenvalue weighted by molar-refractivity contribution is -0.190. The van der Waals surface area contributed by atoms with Crippen molar-refractivity contribution in [2.45, 2.75) is 38.6 Å². The number of rotatable bonds is 10. The van der Waals surface area contributed by atoms with Gasteiger partial charge in [0, 0.05) is 6.92 Å². The van der Waals surface area contributed by atoms with E-state index in [0.717, 1.165) is 6.92 Å². The van der Waals surface area contributed by atoms with Crippen LogP contribution in [0.15, 0.2) is 60.7 Å². The van der Waals surface area contributed by atoms with Crippen LogP contribution in [0.5, 0.6) is 0 Å². The van der Waals surface area contributed by atoms with Crippen LogP contribution in [0.4, 0.5) is 0 Å². The van der Waals surface area contributed by atoms with Crippen molar-refractivity contribution >= 4 is 23.9 Å². The van der Waals surface area contributed by atoms with Crippen LogP contribution in [0.25, 0.3) is 0 Å². The number of carbonyl (C=O) groups excluding carboxylic acids is 3. The van der Waals surface area contributed by atoms with Crippen LogP contribution in [0, 0.1) is 0 Å². The van der Waals surface area contributed by atoms with E-state index < -0.39 is 42.3 Å². The third-order valence-corrected chi connectivity index (χ3v) is 4.03. The van der Waals surface area contributed by atoms with Gasteiger partial charge in [0.1, 0.15) is 13.2 Å². The first-order chi connectivity index (χ1) is 14.3. The van der Waals surface area contributed by atoms with Gasteiger partial charge in [-0.2, -0.15) is 0 Å². The predicted octanol–water partition coefficient (Wildman–Crippen LogP) is 2.64. The summed E-state index contributed by atoms with van der Waals surface area (Å²) in [6, 6.07) is 17.4. The summed E-state index contributed by atoms with van der Waals surface area (Å²) in [5.41, 5.74) is -0.987. The SMILES string of the molecule is CC(=O)OC(CC(=O)O)(CC(=O)OCc1ccccc1)C(=O)OCc1ccccc1. The lowest BCUT2D eigenvalue weighted by atomic mass is 9.95. The van der Waals surface area contributed by atoms with Gasteiger partial charge in [0.05, 0.1) is 12.8 Å². The van der Waals surface area contributed by atoms with Crippen LogP contribution < -0.4 is 0 Å². The van der Waals surface area contributed by atoms with E-state index in [0.29, 0.717) is 11.1 Å². The van der Waals surface area contributed by atoms with Gasteiger partial charge in [-0.25, -0.2) is 4.79 Å². The van der Waals surface area contributed by atoms with Crippen molar-refractivity contribution < 1.29 is 38.5 Å². The molecule has 0 amide bonds. The Morgan fingerprint density at radius 3 is 1.77 bits per heavy atom. The molecule has 0 saturated carbocycles. The smallest absolute Gasteiger partial charge is 0.352 e. The molecule has 1 unspecified atom stereocenters. The Morgan fingerprint density at radius 2 is 1.30 bits per heavy atom. The second-order valence-electron chi connectivity index (χ2n) is 6.54. The summed E-state index contributed by atoms with van der Waals surface area (Å²) in [5.74, 6) is -4.41. The van der Waals surface area contributed by atoms with E-state index >= 15 is 0 Å². The largest absolute Gasteiger partial charge is 0.481 e. The zero-order valence-corrected chi connectivity index (χ0v) is 16.4. The van der Waals surface area contributed by atoms with Crippen molar-refractivity contribution in [3.63, 3.8) is 0 Å². The third-order valence-electron chi connectivity index (χ3n) is 4.03. The minimum atomic E-state index is -2.33. The lowest BCUT2D eigenvalue weighted by Gasteiger charge is -2.28. The molecule has 1 atom stereocenters. The first-order valence-electron chi connectivity index (χ1n) is 9.13. The van der Waals surface area contributed by atoms with Crippen LogP contribution in [0.3, 0.4) is 0 Å². The van der Waals surface area contributed by atoms with E-state index in [-0.39, 0.29) is 13.2 Å². The third kappa shape index (κ3) is 7.05. The van der Waals surface area contributed by atoms with Gasteiger partial charge in [-0.1, -0.05) is 60.7 Å². The summed E-state index contributed by atoms with van der Waals surface area (Å²) in [6.45, 7) is 0.750. The molecule has 0 aliphatic rings. The number of aliphatic carboxylic acids is 1. The summed E-state index contributed by atoms with van der Waals surface area (Å²) in [5, 5.41) is 9.27. The molecule has 0 saturated heterocycles. The molecular weight excluding hydrogens is 392 g/mol. The zero-order valence-electron chi connectivity index (χ0n) is 16.4. The topological polar surface area (TPSA) is 116 Å². The molecule has 0 fully saturated rings. The Kier molecular flexibility index (Phi) is 8.10. The summed E-state index contributed by atoms with van der Waals surface area (Å²) in [7, 11) is 0. The van der Waals surface area contributed by atoms with Crippen molar-refractivity contribution in [2.75, 3.05) is 0 Å². The van der Waals surface area contributed by atoms with Gasteiger partial charge in [-0.05, 0) is 11.1 Å². The highest BCUT2D eigenvalue weighted by molar-refractivity contribution is 5.91. The molecule has 0 aliphatic carbocycles. The van der Waals surface area contributed by atoms with Gasteiger partial charge in [-0.3, -0.25) is 14.4 Å². The van der Waals surface area contributed by atoms with E-state index in [1.54, 1.807) is 60.7 Å². The Balaban J connectivity index is 2.15. The Morgan fingerprint density at radius 1 is 0.800 bits per heavy atom. The van der Waals surface area contributed by atoms with Crippen LogP contribution in [0.2, 0.25) is 0 Å². The summed E-state index contributed by atoms with van der Waals surface area (Å²) < 4.78 is 15.3. The molecule has 0 radical (unpaired) electrons. The number of esters is 3. The summed E-state index contributed by atoms with van der Waals surface area (Å²) in [6.07, 6.45) is -1.74. The van der Waals surface area contributed by atoms with E-state index in [9.17, 15) is 24.3 Å². The first kappa shape index (κ1) is 22.6.